The number of hydrogen-bond donors (Lipinski definition) is 1. The first kappa shape index (κ1) is 7.98. The van der Waals surface area contributed by atoms with Crippen LogP contribution < -0.4 is 5.73 Å². The van der Waals surface area contributed by atoms with E-state index in [2.05, 4.69) is 18.7 Å². The van der Waals surface area contributed by atoms with Gasteiger partial charge in [-0.25, -0.2) is 0 Å². The Kier molecular flexibility index (Phi) is 2.65. The van der Waals surface area contributed by atoms with Crippen LogP contribution in [0.5, 0.6) is 0 Å². The smallest absolute Gasteiger partial charge is 0.0620 e. The van der Waals surface area contributed by atoms with Gasteiger partial charge in [0.2, 0.25) is 0 Å². The number of morpholine rings is 1. The molecule has 2 atom stereocenters. The third-order valence-corrected chi connectivity index (χ3v) is 1.85. The quantitative estimate of drug-likeness (QED) is 0.553. The predicted molar refractivity (Wildman–Crippen MR) is 40.3 cm³/mol. The van der Waals surface area contributed by atoms with E-state index in [1.807, 2.05) is 0 Å². The van der Waals surface area contributed by atoms with Crippen LogP contribution in [-0.2, 0) is 4.74 Å². The first-order chi connectivity index (χ1) is 4.72. The van der Waals surface area contributed by atoms with Gasteiger partial charge in [0.05, 0.1) is 19.4 Å². The summed E-state index contributed by atoms with van der Waals surface area (Å²) in [7, 11) is 0. The van der Waals surface area contributed by atoms with Crippen LogP contribution in [0.2, 0.25) is 0 Å². The molecule has 1 aliphatic rings. The first-order valence-electron chi connectivity index (χ1n) is 3.64. The lowest BCUT2D eigenvalue weighted by Gasteiger charge is -2.35. The minimum atomic E-state index is -0.0844. The fraction of sp³-hybridized carbons (Fsp3) is 0.857. The van der Waals surface area contributed by atoms with E-state index in [9.17, 15) is 0 Å². The summed E-state index contributed by atoms with van der Waals surface area (Å²) in [6.07, 6.45) is -0.0844. The van der Waals surface area contributed by atoms with Crippen molar-refractivity contribution in [3.63, 3.8) is 0 Å². The molecular weight excluding hydrogens is 128 g/mol. The number of rotatable bonds is 1. The number of hydrogen-bond acceptors (Lipinski definition) is 3. The lowest BCUT2D eigenvalue weighted by Crippen LogP contribution is -2.51. The molecule has 0 spiro atoms. The molecule has 2 unspecified atom stereocenters. The largest absolute Gasteiger partial charge is 0.379 e. The highest BCUT2D eigenvalue weighted by molar-refractivity contribution is 4.76. The Morgan fingerprint density at radius 3 is 2.90 bits per heavy atom. The minimum absolute atomic E-state index is 0.0844. The summed E-state index contributed by atoms with van der Waals surface area (Å²) in [5.41, 5.74) is 5.62. The summed E-state index contributed by atoms with van der Waals surface area (Å²) < 4.78 is 5.24. The van der Waals surface area contributed by atoms with Crippen molar-refractivity contribution < 1.29 is 4.74 Å². The topological polar surface area (TPSA) is 38.5 Å². The summed E-state index contributed by atoms with van der Waals surface area (Å²) in [5.74, 6) is 0. The third kappa shape index (κ3) is 1.68. The van der Waals surface area contributed by atoms with Crippen molar-refractivity contribution in [1.29, 1.82) is 0 Å². The Bertz CT molecular complexity index is 106. The lowest BCUT2D eigenvalue weighted by molar-refractivity contribution is -0.0124. The molecule has 0 bridgehead atoms. The van der Waals surface area contributed by atoms with Crippen molar-refractivity contribution in [3.8, 4) is 0 Å². The summed E-state index contributed by atoms with van der Waals surface area (Å²) in [6, 6.07) is 0.418. The Balaban J connectivity index is 2.40. The molecule has 10 heavy (non-hydrogen) atoms. The first-order valence-corrected chi connectivity index (χ1v) is 3.64. The normalized spacial score (nSPS) is 32.1. The highest BCUT2D eigenvalue weighted by Gasteiger charge is 2.20. The van der Waals surface area contributed by atoms with E-state index in [0.717, 1.165) is 19.8 Å². The van der Waals surface area contributed by atoms with Crippen LogP contribution in [0.4, 0.5) is 0 Å². The molecule has 1 saturated heterocycles. The number of nitrogens with zero attached hydrogens (tertiary/aromatic N) is 1. The Morgan fingerprint density at radius 1 is 1.80 bits per heavy atom. The second-order valence-corrected chi connectivity index (χ2v) is 2.73. The van der Waals surface area contributed by atoms with Gasteiger partial charge in [-0.1, -0.05) is 0 Å². The van der Waals surface area contributed by atoms with Crippen molar-refractivity contribution in [1.82, 2.24) is 4.90 Å². The van der Waals surface area contributed by atoms with E-state index in [1.165, 1.54) is 0 Å². The maximum Gasteiger partial charge on any atom is 0.0620 e. The van der Waals surface area contributed by atoms with E-state index in [1.54, 1.807) is 0 Å². The molecule has 59 valence electrons. The van der Waals surface area contributed by atoms with Crippen LogP contribution in [0.3, 0.4) is 0 Å². The molecule has 0 aromatic heterocycles. The van der Waals surface area contributed by atoms with Gasteiger partial charge >= 0.3 is 0 Å². The molecule has 1 aliphatic heterocycles. The monoisotopic (exact) mass is 143 g/mol. The zero-order valence-electron chi connectivity index (χ0n) is 6.42. The lowest BCUT2D eigenvalue weighted by atomic mass is 10.2. The second-order valence-electron chi connectivity index (χ2n) is 2.73. The highest BCUT2D eigenvalue weighted by atomic mass is 16.5. The van der Waals surface area contributed by atoms with E-state index in [0.29, 0.717) is 6.04 Å². The molecule has 0 saturated carbocycles. The molecule has 2 N–H and O–H groups in total. The number of nitrogens with two attached hydrogens (primary N) is 1. The van der Waals surface area contributed by atoms with E-state index in [-0.39, 0.29) is 6.17 Å². The van der Waals surface area contributed by atoms with Gasteiger partial charge in [-0.3, -0.25) is 4.90 Å². The van der Waals surface area contributed by atoms with E-state index in [4.69, 9.17) is 10.5 Å². The van der Waals surface area contributed by atoms with Crippen molar-refractivity contribution in [2.45, 2.75) is 19.1 Å². The summed E-state index contributed by atoms with van der Waals surface area (Å²) in [5, 5.41) is 0. The molecular formula is C7H15N2O. The van der Waals surface area contributed by atoms with Crippen LogP contribution in [-0.4, -0.2) is 36.9 Å². The zero-order chi connectivity index (χ0) is 7.56. The Hall–Kier alpha value is -0.120. The molecule has 3 nitrogen and oxygen atoms in total. The van der Waals surface area contributed by atoms with Gasteiger partial charge in [0.25, 0.3) is 0 Å². The molecule has 1 radical (unpaired) electrons. The van der Waals surface area contributed by atoms with Crippen molar-refractivity contribution in [2.24, 2.45) is 5.73 Å². The van der Waals surface area contributed by atoms with Crippen LogP contribution in [0.1, 0.15) is 6.92 Å². The van der Waals surface area contributed by atoms with Crippen LogP contribution >= 0.6 is 0 Å². The Labute approximate surface area is 62.1 Å². The average Bonchev–Trinajstić information content (AvgIpc) is 1.88. The fourth-order valence-electron chi connectivity index (χ4n) is 1.23. The standard InChI is InChI=1S/C7H15N2O/c1-6-5-10-4-3-9(6)7(2)8/h6-7H,2-5,8H2,1H3. The maximum atomic E-state index is 5.62. The van der Waals surface area contributed by atoms with Gasteiger partial charge in [-0.05, 0) is 13.8 Å². The summed E-state index contributed by atoms with van der Waals surface area (Å²) in [6.45, 7) is 8.34. The van der Waals surface area contributed by atoms with Crippen molar-refractivity contribution in [3.05, 3.63) is 6.92 Å². The van der Waals surface area contributed by atoms with Gasteiger partial charge in [-0.2, -0.15) is 0 Å². The SMILES string of the molecule is [CH2]C(N)N1CCOCC1C. The predicted octanol–water partition coefficient (Wildman–Crippen LogP) is -0.174. The minimum Gasteiger partial charge on any atom is -0.379 e. The van der Waals surface area contributed by atoms with Gasteiger partial charge in [0.1, 0.15) is 0 Å². The average molecular weight is 143 g/mol. The molecule has 3 heteroatoms. The second kappa shape index (κ2) is 3.32. The number of ether oxygens (including phenoxy) is 1. The van der Waals surface area contributed by atoms with Gasteiger partial charge in [-0.15, -0.1) is 0 Å². The molecule has 1 fully saturated rings. The highest BCUT2D eigenvalue weighted by Crippen LogP contribution is 2.06. The molecule has 1 heterocycles. The summed E-state index contributed by atoms with van der Waals surface area (Å²) >= 11 is 0. The van der Waals surface area contributed by atoms with Crippen LogP contribution in [0.15, 0.2) is 0 Å². The van der Waals surface area contributed by atoms with Crippen molar-refractivity contribution >= 4 is 0 Å². The Morgan fingerprint density at radius 2 is 2.50 bits per heavy atom. The van der Waals surface area contributed by atoms with E-state index >= 15 is 0 Å². The van der Waals surface area contributed by atoms with Gasteiger partial charge < -0.3 is 10.5 Å². The van der Waals surface area contributed by atoms with E-state index < -0.39 is 0 Å². The molecule has 0 amide bonds. The van der Waals surface area contributed by atoms with Crippen LogP contribution in [0, 0.1) is 6.92 Å². The summed E-state index contributed by atoms with van der Waals surface area (Å²) in [4.78, 5) is 2.14. The fourth-order valence-corrected chi connectivity index (χ4v) is 1.23. The molecule has 0 aromatic carbocycles. The molecule has 0 aliphatic carbocycles. The van der Waals surface area contributed by atoms with Gasteiger partial charge in [0.15, 0.2) is 0 Å². The zero-order valence-corrected chi connectivity index (χ0v) is 6.42. The molecule has 0 aromatic rings. The van der Waals surface area contributed by atoms with Gasteiger partial charge in [0, 0.05) is 12.6 Å². The maximum absolute atomic E-state index is 5.62. The molecule has 1 rings (SSSR count). The van der Waals surface area contributed by atoms with Crippen molar-refractivity contribution in [2.75, 3.05) is 19.8 Å². The third-order valence-electron chi connectivity index (χ3n) is 1.85. The van der Waals surface area contributed by atoms with Crippen LogP contribution in [0.25, 0.3) is 0 Å².